The van der Waals surface area contributed by atoms with Gasteiger partial charge in [0.1, 0.15) is 5.82 Å². The Bertz CT molecular complexity index is 363. The zero-order chi connectivity index (χ0) is 12.3. The molecule has 17 heavy (non-hydrogen) atoms. The third kappa shape index (κ3) is 3.46. The van der Waals surface area contributed by atoms with Crippen LogP contribution in [0.5, 0.6) is 0 Å². The molecule has 1 saturated heterocycles. The van der Waals surface area contributed by atoms with Gasteiger partial charge >= 0.3 is 0 Å². The summed E-state index contributed by atoms with van der Waals surface area (Å²) in [7, 11) is 0. The Morgan fingerprint density at radius 1 is 1.35 bits per heavy atom. The first-order valence-corrected chi connectivity index (χ1v) is 7.36. The zero-order valence-electron chi connectivity index (χ0n) is 10.6. The SMILES string of the molecule is Cc1cc(CNCC2CCSC2)cc(C)c1F. The van der Waals surface area contributed by atoms with Crippen molar-refractivity contribution in [1.29, 1.82) is 0 Å². The van der Waals surface area contributed by atoms with Gasteiger partial charge in [-0.1, -0.05) is 12.1 Å². The molecule has 1 aliphatic rings. The number of rotatable bonds is 4. The first-order chi connectivity index (χ1) is 8.16. The molecule has 0 amide bonds. The van der Waals surface area contributed by atoms with Crippen LogP contribution < -0.4 is 5.32 Å². The summed E-state index contributed by atoms with van der Waals surface area (Å²) in [5, 5.41) is 3.48. The standard InChI is InChI=1S/C14H20FNS/c1-10-5-13(6-11(2)14(10)15)8-16-7-12-3-4-17-9-12/h5-6,12,16H,3-4,7-9H2,1-2H3. The Hall–Kier alpha value is -0.540. The second kappa shape index (κ2) is 5.87. The Labute approximate surface area is 107 Å². The van der Waals surface area contributed by atoms with Gasteiger partial charge in [0.05, 0.1) is 0 Å². The molecule has 1 aromatic carbocycles. The quantitative estimate of drug-likeness (QED) is 0.883. The summed E-state index contributed by atoms with van der Waals surface area (Å²) in [5.74, 6) is 3.35. The Balaban J connectivity index is 1.86. The van der Waals surface area contributed by atoms with E-state index in [9.17, 15) is 4.39 Å². The lowest BCUT2D eigenvalue weighted by atomic mass is 10.1. The number of benzene rings is 1. The van der Waals surface area contributed by atoms with E-state index in [-0.39, 0.29) is 5.82 Å². The lowest BCUT2D eigenvalue weighted by Gasteiger charge is -2.11. The van der Waals surface area contributed by atoms with E-state index in [1.54, 1.807) is 0 Å². The monoisotopic (exact) mass is 253 g/mol. The largest absolute Gasteiger partial charge is 0.312 e. The van der Waals surface area contributed by atoms with Crippen molar-refractivity contribution >= 4 is 11.8 Å². The van der Waals surface area contributed by atoms with Gasteiger partial charge in [0, 0.05) is 6.54 Å². The molecule has 1 atom stereocenters. The summed E-state index contributed by atoms with van der Waals surface area (Å²) in [6.45, 7) is 5.60. The minimum absolute atomic E-state index is 0.0686. The number of aryl methyl sites for hydroxylation is 2. The number of halogens is 1. The van der Waals surface area contributed by atoms with Crippen LogP contribution in [-0.4, -0.2) is 18.1 Å². The van der Waals surface area contributed by atoms with Crippen molar-refractivity contribution in [3.05, 3.63) is 34.6 Å². The first kappa shape index (κ1) is 12.9. The van der Waals surface area contributed by atoms with E-state index in [0.717, 1.165) is 30.1 Å². The maximum Gasteiger partial charge on any atom is 0.129 e. The van der Waals surface area contributed by atoms with Crippen LogP contribution in [0.3, 0.4) is 0 Å². The molecule has 1 N–H and O–H groups in total. The highest BCUT2D eigenvalue weighted by atomic mass is 32.2. The van der Waals surface area contributed by atoms with Gasteiger partial charge in [-0.25, -0.2) is 4.39 Å². The summed E-state index contributed by atoms with van der Waals surface area (Å²) in [6, 6.07) is 3.89. The second-order valence-electron chi connectivity index (χ2n) is 4.90. The van der Waals surface area contributed by atoms with Crippen LogP contribution in [0.2, 0.25) is 0 Å². The number of hydrogen-bond donors (Lipinski definition) is 1. The van der Waals surface area contributed by atoms with E-state index >= 15 is 0 Å². The topological polar surface area (TPSA) is 12.0 Å². The lowest BCUT2D eigenvalue weighted by molar-refractivity contribution is 0.522. The van der Waals surface area contributed by atoms with E-state index in [4.69, 9.17) is 0 Å². The zero-order valence-corrected chi connectivity index (χ0v) is 11.4. The summed E-state index contributed by atoms with van der Waals surface area (Å²) in [6.07, 6.45) is 1.33. The van der Waals surface area contributed by atoms with E-state index < -0.39 is 0 Å². The average molecular weight is 253 g/mol. The Morgan fingerprint density at radius 3 is 2.65 bits per heavy atom. The fourth-order valence-electron chi connectivity index (χ4n) is 2.30. The highest BCUT2D eigenvalue weighted by Crippen LogP contribution is 2.22. The van der Waals surface area contributed by atoms with Gasteiger partial charge in [-0.2, -0.15) is 11.8 Å². The molecule has 1 aliphatic heterocycles. The van der Waals surface area contributed by atoms with Gasteiger partial charge in [-0.15, -0.1) is 0 Å². The lowest BCUT2D eigenvalue weighted by Crippen LogP contribution is -2.22. The molecule has 1 aromatic rings. The molecule has 1 heterocycles. The van der Waals surface area contributed by atoms with Gasteiger partial charge in [-0.3, -0.25) is 0 Å². The van der Waals surface area contributed by atoms with Gasteiger partial charge in [-0.05, 0) is 60.9 Å². The van der Waals surface area contributed by atoms with E-state index in [0.29, 0.717) is 0 Å². The van der Waals surface area contributed by atoms with Crippen molar-refractivity contribution in [3.8, 4) is 0 Å². The van der Waals surface area contributed by atoms with Crippen molar-refractivity contribution in [2.24, 2.45) is 5.92 Å². The van der Waals surface area contributed by atoms with Crippen molar-refractivity contribution in [1.82, 2.24) is 5.32 Å². The molecule has 94 valence electrons. The second-order valence-corrected chi connectivity index (χ2v) is 6.05. The summed E-state index contributed by atoms with van der Waals surface area (Å²) in [5.41, 5.74) is 2.68. The average Bonchev–Trinajstić information content (AvgIpc) is 2.79. The van der Waals surface area contributed by atoms with E-state index in [1.165, 1.54) is 23.5 Å². The predicted molar refractivity (Wildman–Crippen MR) is 73.0 cm³/mol. The van der Waals surface area contributed by atoms with Crippen LogP contribution in [0.25, 0.3) is 0 Å². The van der Waals surface area contributed by atoms with Gasteiger partial charge in [0.2, 0.25) is 0 Å². The van der Waals surface area contributed by atoms with Gasteiger partial charge in [0.15, 0.2) is 0 Å². The maximum atomic E-state index is 13.5. The van der Waals surface area contributed by atoms with Crippen molar-refractivity contribution in [3.63, 3.8) is 0 Å². The van der Waals surface area contributed by atoms with Gasteiger partial charge in [0.25, 0.3) is 0 Å². The van der Waals surface area contributed by atoms with E-state index in [2.05, 4.69) is 5.32 Å². The van der Waals surface area contributed by atoms with Crippen LogP contribution in [0, 0.1) is 25.6 Å². The first-order valence-electron chi connectivity index (χ1n) is 6.21. The molecule has 0 bridgehead atoms. The molecule has 2 rings (SSSR count). The molecule has 0 saturated carbocycles. The fourth-order valence-corrected chi connectivity index (χ4v) is 3.59. The van der Waals surface area contributed by atoms with Crippen LogP contribution >= 0.6 is 11.8 Å². The normalized spacial score (nSPS) is 19.8. The summed E-state index contributed by atoms with van der Waals surface area (Å²) in [4.78, 5) is 0. The third-order valence-corrected chi connectivity index (χ3v) is 4.51. The van der Waals surface area contributed by atoms with Crippen molar-refractivity contribution < 1.29 is 4.39 Å². The molecule has 0 radical (unpaired) electrons. The van der Waals surface area contributed by atoms with Crippen molar-refractivity contribution in [2.45, 2.75) is 26.8 Å². The Morgan fingerprint density at radius 2 is 2.06 bits per heavy atom. The maximum absolute atomic E-state index is 13.5. The molecule has 0 aromatic heterocycles. The van der Waals surface area contributed by atoms with Crippen molar-refractivity contribution in [2.75, 3.05) is 18.1 Å². The summed E-state index contributed by atoms with van der Waals surface area (Å²) >= 11 is 2.05. The van der Waals surface area contributed by atoms with Crippen LogP contribution in [0.1, 0.15) is 23.1 Å². The highest BCUT2D eigenvalue weighted by molar-refractivity contribution is 7.99. The number of thioether (sulfide) groups is 1. The minimum Gasteiger partial charge on any atom is -0.312 e. The molecule has 1 fully saturated rings. The van der Waals surface area contributed by atoms with Crippen LogP contribution in [0.15, 0.2) is 12.1 Å². The Kier molecular flexibility index (Phi) is 4.46. The molecule has 0 aliphatic carbocycles. The number of hydrogen-bond acceptors (Lipinski definition) is 2. The molecule has 0 spiro atoms. The molecule has 1 nitrogen and oxygen atoms in total. The fraction of sp³-hybridized carbons (Fsp3) is 0.571. The predicted octanol–water partition coefficient (Wildman–Crippen LogP) is 3.29. The van der Waals surface area contributed by atoms with E-state index in [1.807, 2.05) is 37.7 Å². The smallest absolute Gasteiger partial charge is 0.129 e. The molecular weight excluding hydrogens is 233 g/mol. The molecule has 3 heteroatoms. The third-order valence-electron chi connectivity index (χ3n) is 3.28. The van der Waals surface area contributed by atoms with Crippen LogP contribution in [-0.2, 0) is 6.54 Å². The molecular formula is C14H20FNS. The molecule has 1 unspecified atom stereocenters. The number of nitrogens with one attached hydrogen (secondary N) is 1. The van der Waals surface area contributed by atoms with Gasteiger partial charge < -0.3 is 5.32 Å². The van der Waals surface area contributed by atoms with Crippen LogP contribution in [0.4, 0.5) is 4.39 Å². The summed E-state index contributed by atoms with van der Waals surface area (Å²) < 4.78 is 13.5. The highest BCUT2D eigenvalue weighted by Gasteiger charge is 2.14. The minimum atomic E-state index is -0.0686.